The lowest BCUT2D eigenvalue weighted by Crippen LogP contribution is -2.47. The highest BCUT2D eigenvalue weighted by Crippen LogP contribution is 2.16. The van der Waals surface area contributed by atoms with Crippen molar-refractivity contribution < 1.29 is 9.90 Å². The Labute approximate surface area is 99.2 Å². The molecule has 7 heteroatoms. The number of aliphatic hydroxyl groups is 1. The van der Waals surface area contributed by atoms with E-state index >= 15 is 0 Å². The summed E-state index contributed by atoms with van der Waals surface area (Å²) < 4.78 is 0. The summed E-state index contributed by atoms with van der Waals surface area (Å²) in [7, 11) is 0. The molecule has 17 heavy (non-hydrogen) atoms. The largest absolute Gasteiger partial charge is 0.394 e. The molecule has 0 spiro atoms. The Morgan fingerprint density at radius 2 is 2.41 bits per heavy atom. The van der Waals surface area contributed by atoms with Gasteiger partial charge >= 0.3 is 0 Å². The smallest absolute Gasteiger partial charge is 0.246 e. The standard InChI is InChI=1S/C10H17N5O2/c11-9-5-12-15(13-9)6-10(17)14-4-2-1-3-8(14)7-16/h5,8,16H,1-4,6-7H2,(H2,11,13). The number of aliphatic hydroxyl groups excluding tert-OH is 1. The number of hydrogen-bond acceptors (Lipinski definition) is 5. The minimum atomic E-state index is -0.0700. The van der Waals surface area contributed by atoms with Gasteiger partial charge in [-0.1, -0.05) is 0 Å². The molecule has 1 fully saturated rings. The van der Waals surface area contributed by atoms with Crippen LogP contribution in [-0.2, 0) is 11.3 Å². The Kier molecular flexibility index (Phi) is 3.58. The lowest BCUT2D eigenvalue weighted by atomic mass is 10.0. The van der Waals surface area contributed by atoms with E-state index in [-0.39, 0.29) is 25.1 Å². The molecule has 3 N–H and O–H groups in total. The zero-order valence-corrected chi connectivity index (χ0v) is 9.62. The average molecular weight is 239 g/mol. The van der Waals surface area contributed by atoms with Crippen LogP contribution in [0.15, 0.2) is 6.20 Å². The van der Waals surface area contributed by atoms with Gasteiger partial charge in [-0.05, 0) is 19.3 Å². The normalized spacial score (nSPS) is 20.5. The van der Waals surface area contributed by atoms with Gasteiger partial charge in [0, 0.05) is 6.54 Å². The molecule has 94 valence electrons. The number of carbonyl (C=O) groups is 1. The van der Waals surface area contributed by atoms with Crippen molar-refractivity contribution in [1.82, 2.24) is 19.9 Å². The van der Waals surface area contributed by atoms with Crippen molar-refractivity contribution in [3.63, 3.8) is 0 Å². The molecule has 1 amide bonds. The van der Waals surface area contributed by atoms with Gasteiger partial charge in [-0.3, -0.25) is 4.79 Å². The predicted octanol–water partition coefficient (Wildman–Crippen LogP) is -0.766. The summed E-state index contributed by atoms with van der Waals surface area (Å²) >= 11 is 0. The van der Waals surface area contributed by atoms with E-state index in [9.17, 15) is 9.90 Å². The maximum Gasteiger partial charge on any atom is 0.246 e. The number of nitrogen functional groups attached to an aromatic ring is 1. The van der Waals surface area contributed by atoms with E-state index in [1.54, 1.807) is 4.90 Å². The Balaban J connectivity index is 1.98. The molecule has 2 heterocycles. The average Bonchev–Trinajstić information content (AvgIpc) is 2.74. The molecule has 1 aromatic rings. The van der Waals surface area contributed by atoms with E-state index in [0.29, 0.717) is 12.4 Å². The highest BCUT2D eigenvalue weighted by Gasteiger charge is 2.26. The van der Waals surface area contributed by atoms with Crippen LogP contribution in [-0.4, -0.2) is 50.1 Å². The quantitative estimate of drug-likeness (QED) is 0.722. The Hall–Kier alpha value is -1.63. The molecule has 0 aromatic carbocycles. The molecule has 1 aliphatic rings. The van der Waals surface area contributed by atoms with E-state index in [1.807, 2.05) is 0 Å². The zero-order chi connectivity index (χ0) is 12.3. The van der Waals surface area contributed by atoms with Gasteiger partial charge in [0.05, 0.1) is 18.8 Å². The number of nitrogens with zero attached hydrogens (tertiary/aromatic N) is 4. The Morgan fingerprint density at radius 3 is 3.06 bits per heavy atom. The summed E-state index contributed by atoms with van der Waals surface area (Å²) in [5.74, 6) is 0.231. The summed E-state index contributed by atoms with van der Waals surface area (Å²) in [6.45, 7) is 0.787. The Morgan fingerprint density at radius 1 is 1.59 bits per heavy atom. The van der Waals surface area contributed by atoms with Crippen molar-refractivity contribution in [3.8, 4) is 0 Å². The number of amides is 1. The summed E-state index contributed by atoms with van der Waals surface area (Å²) in [6.07, 6.45) is 4.31. The van der Waals surface area contributed by atoms with Crippen LogP contribution >= 0.6 is 0 Å². The topological polar surface area (TPSA) is 97.3 Å². The SMILES string of the molecule is Nc1cnn(CC(=O)N2CCCCC2CO)n1. The van der Waals surface area contributed by atoms with Crippen LogP contribution in [0.2, 0.25) is 0 Å². The number of carbonyl (C=O) groups excluding carboxylic acids is 1. The van der Waals surface area contributed by atoms with Crippen LogP contribution in [0.5, 0.6) is 0 Å². The maximum atomic E-state index is 12.0. The second-order valence-corrected chi connectivity index (χ2v) is 4.22. The number of anilines is 1. The Bertz CT molecular complexity index is 392. The fourth-order valence-corrected chi connectivity index (χ4v) is 2.12. The monoisotopic (exact) mass is 239 g/mol. The molecule has 1 saturated heterocycles. The van der Waals surface area contributed by atoms with Crippen molar-refractivity contribution in [2.75, 3.05) is 18.9 Å². The van der Waals surface area contributed by atoms with Gasteiger partial charge in [0.2, 0.25) is 5.91 Å². The highest BCUT2D eigenvalue weighted by molar-refractivity contribution is 5.76. The number of nitrogens with two attached hydrogens (primary N) is 1. The first-order valence-corrected chi connectivity index (χ1v) is 5.76. The van der Waals surface area contributed by atoms with E-state index in [1.165, 1.54) is 11.0 Å². The number of hydrogen-bond donors (Lipinski definition) is 2. The molecular formula is C10H17N5O2. The lowest BCUT2D eigenvalue weighted by molar-refractivity contribution is -0.137. The number of aromatic nitrogens is 3. The minimum Gasteiger partial charge on any atom is -0.394 e. The van der Waals surface area contributed by atoms with Gasteiger partial charge in [-0.15, -0.1) is 5.10 Å². The van der Waals surface area contributed by atoms with Crippen molar-refractivity contribution in [2.24, 2.45) is 0 Å². The molecular weight excluding hydrogens is 222 g/mol. The molecule has 0 saturated carbocycles. The summed E-state index contributed by atoms with van der Waals surface area (Å²) in [5.41, 5.74) is 5.43. The van der Waals surface area contributed by atoms with E-state index in [2.05, 4.69) is 10.2 Å². The molecule has 0 aliphatic carbocycles. The predicted molar refractivity (Wildman–Crippen MR) is 60.9 cm³/mol. The number of rotatable bonds is 3. The second kappa shape index (κ2) is 5.13. The van der Waals surface area contributed by atoms with Crippen LogP contribution in [0.1, 0.15) is 19.3 Å². The third-order valence-corrected chi connectivity index (χ3v) is 2.99. The van der Waals surface area contributed by atoms with Crippen LogP contribution in [0, 0.1) is 0 Å². The van der Waals surface area contributed by atoms with Gasteiger partial charge in [-0.25, -0.2) is 0 Å². The minimum absolute atomic E-state index is 0.0143. The van der Waals surface area contributed by atoms with E-state index < -0.39 is 0 Å². The van der Waals surface area contributed by atoms with Crippen LogP contribution in [0.3, 0.4) is 0 Å². The maximum absolute atomic E-state index is 12.0. The molecule has 0 bridgehead atoms. The zero-order valence-electron chi connectivity index (χ0n) is 9.62. The van der Waals surface area contributed by atoms with E-state index in [0.717, 1.165) is 19.3 Å². The van der Waals surface area contributed by atoms with Crippen LogP contribution in [0.4, 0.5) is 5.82 Å². The summed E-state index contributed by atoms with van der Waals surface area (Å²) in [6, 6.07) is -0.0656. The molecule has 2 rings (SSSR count). The molecule has 1 atom stereocenters. The fourth-order valence-electron chi connectivity index (χ4n) is 2.12. The van der Waals surface area contributed by atoms with Crippen LogP contribution < -0.4 is 5.73 Å². The fraction of sp³-hybridized carbons (Fsp3) is 0.700. The third-order valence-electron chi connectivity index (χ3n) is 2.99. The number of likely N-dealkylation sites (tertiary alicyclic amines) is 1. The second-order valence-electron chi connectivity index (χ2n) is 4.22. The van der Waals surface area contributed by atoms with Gasteiger partial charge in [-0.2, -0.15) is 9.90 Å². The van der Waals surface area contributed by atoms with Gasteiger partial charge in [0.1, 0.15) is 6.54 Å². The number of piperidine rings is 1. The van der Waals surface area contributed by atoms with Crippen molar-refractivity contribution in [3.05, 3.63) is 6.20 Å². The summed E-state index contributed by atoms with van der Waals surface area (Å²) in [4.78, 5) is 15.0. The molecule has 1 aliphatic heterocycles. The molecule has 1 unspecified atom stereocenters. The first-order valence-electron chi connectivity index (χ1n) is 5.76. The first kappa shape index (κ1) is 11.8. The van der Waals surface area contributed by atoms with Crippen molar-refractivity contribution >= 4 is 11.7 Å². The van der Waals surface area contributed by atoms with Gasteiger partial charge in [0.15, 0.2) is 5.82 Å². The lowest BCUT2D eigenvalue weighted by Gasteiger charge is -2.34. The molecule has 7 nitrogen and oxygen atoms in total. The first-order chi connectivity index (χ1) is 8.20. The third kappa shape index (κ3) is 2.73. The van der Waals surface area contributed by atoms with Gasteiger partial charge in [0.25, 0.3) is 0 Å². The van der Waals surface area contributed by atoms with Crippen LogP contribution in [0.25, 0.3) is 0 Å². The molecule has 0 radical (unpaired) electrons. The van der Waals surface area contributed by atoms with E-state index in [4.69, 9.17) is 5.73 Å². The van der Waals surface area contributed by atoms with Gasteiger partial charge < -0.3 is 15.7 Å². The van der Waals surface area contributed by atoms with Crippen molar-refractivity contribution in [1.29, 1.82) is 0 Å². The molecule has 1 aromatic heterocycles. The summed E-state index contributed by atoms with van der Waals surface area (Å²) in [5, 5.41) is 17.0. The van der Waals surface area contributed by atoms with Crippen molar-refractivity contribution in [2.45, 2.75) is 31.8 Å². The highest BCUT2D eigenvalue weighted by atomic mass is 16.3.